The van der Waals surface area contributed by atoms with Gasteiger partial charge in [-0.25, -0.2) is 0 Å². The number of anilines is 1. The molecule has 3 nitrogen and oxygen atoms in total. The molecule has 0 heterocycles. The fraction of sp³-hybridized carbons (Fsp3) is 0.462. The fourth-order valence-electron chi connectivity index (χ4n) is 2.18. The van der Waals surface area contributed by atoms with Crippen LogP contribution in [0.3, 0.4) is 0 Å². The van der Waals surface area contributed by atoms with Crippen molar-refractivity contribution in [2.75, 3.05) is 5.32 Å². The predicted octanol–water partition coefficient (Wildman–Crippen LogP) is 2.93. The molecule has 0 aromatic heterocycles. The average Bonchev–Trinajstić information content (AvgIpc) is 2.35. The van der Waals surface area contributed by atoms with E-state index in [-0.39, 0.29) is 12.1 Å². The summed E-state index contributed by atoms with van der Waals surface area (Å²) in [6.07, 6.45) is 3.63. The Morgan fingerprint density at radius 1 is 1.35 bits per heavy atom. The molecule has 0 saturated heterocycles. The van der Waals surface area contributed by atoms with Crippen molar-refractivity contribution in [2.24, 2.45) is 0 Å². The van der Waals surface area contributed by atoms with E-state index in [1.54, 1.807) is 18.2 Å². The SMILES string of the molecule is N#Cc1ccc(Cl)c(N[C@H]2CCCC[C@@H]2O)c1. The third-order valence-electron chi connectivity index (χ3n) is 3.17. The molecule has 1 aliphatic rings. The number of hydrogen-bond acceptors (Lipinski definition) is 3. The van der Waals surface area contributed by atoms with Crippen LogP contribution >= 0.6 is 11.6 Å². The Hall–Kier alpha value is -1.24. The second-order valence-electron chi connectivity index (χ2n) is 4.41. The number of nitriles is 1. The minimum atomic E-state index is -0.328. The van der Waals surface area contributed by atoms with Crippen LogP contribution in [-0.2, 0) is 0 Å². The Morgan fingerprint density at radius 2 is 2.12 bits per heavy atom. The Bertz CT molecular complexity index is 442. The van der Waals surface area contributed by atoms with E-state index >= 15 is 0 Å². The first kappa shape index (κ1) is 12.2. The van der Waals surface area contributed by atoms with E-state index < -0.39 is 0 Å². The van der Waals surface area contributed by atoms with E-state index in [4.69, 9.17) is 16.9 Å². The Morgan fingerprint density at radius 3 is 2.82 bits per heavy atom. The highest BCUT2D eigenvalue weighted by atomic mass is 35.5. The quantitative estimate of drug-likeness (QED) is 0.849. The molecule has 1 aromatic carbocycles. The van der Waals surface area contributed by atoms with E-state index in [1.165, 1.54) is 0 Å². The third kappa shape index (κ3) is 2.91. The molecule has 2 N–H and O–H groups in total. The van der Waals surface area contributed by atoms with Crippen LogP contribution in [0.2, 0.25) is 5.02 Å². The zero-order valence-corrected chi connectivity index (χ0v) is 10.2. The van der Waals surface area contributed by atoms with Crippen molar-refractivity contribution in [3.8, 4) is 6.07 Å². The van der Waals surface area contributed by atoms with Gasteiger partial charge in [0.1, 0.15) is 0 Å². The van der Waals surface area contributed by atoms with Gasteiger partial charge < -0.3 is 10.4 Å². The van der Waals surface area contributed by atoms with E-state index in [0.717, 1.165) is 31.4 Å². The molecule has 0 bridgehead atoms. The largest absolute Gasteiger partial charge is 0.391 e. The van der Waals surface area contributed by atoms with Crippen LogP contribution in [0.4, 0.5) is 5.69 Å². The first-order valence-electron chi connectivity index (χ1n) is 5.85. The highest BCUT2D eigenvalue weighted by Gasteiger charge is 2.23. The molecule has 90 valence electrons. The van der Waals surface area contributed by atoms with Crippen molar-refractivity contribution in [2.45, 2.75) is 37.8 Å². The van der Waals surface area contributed by atoms with Gasteiger partial charge in [-0.2, -0.15) is 5.26 Å². The molecule has 4 heteroatoms. The molecule has 2 rings (SSSR count). The molecule has 0 amide bonds. The summed E-state index contributed by atoms with van der Waals surface area (Å²) in [7, 11) is 0. The van der Waals surface area contributed by atoms with Crippen LogP contribution in [0.15, 0.2) is 18.2 Å². The van der Waals surface area contributed by atoms with Gasteiger partial charge in [0.2, 0.25) is 0 Å². The summed E-state index contributed by atoms with van der Waals surface area (Å²) in [6.45, 7) is 0. The molecule has 1 fully saturated rings. The molecule has 0 radical (unpaired) electrons. The lowest BCUT2D eigenvalue weighted by molar-refractivity contribution is 0.116. The van der Waals surface area contributed by atoms with Crippen molar-refractivity contribution in [3.05, 3.63) is 28.8 Å². The lowest BCUT2D eigenvalue weighted by atomic mass is 9.92. The van der Waals surface area contributed by atoms with E-state index in [9.17, 15) is 5.11 Å². The molecule has 0 spiro atoms. The molecule has 17 heavy (non-hydrogen) atoms. The second-order valence-corrected chi connectivity index (χ2v) is 4.82. The van der Waals surface area contributed by atoms with Crippen LogP contribution in [0, 0.1) is 11.3 Å². The topological polar surface area (TPSA) is 56.0 Å². The van der Waals surface area contributed by atoms with Gasteiger partial charge in [0, 0.05) is 0 Å². The van der Waals surface area contributed by atoms with Crippen molar-refractivity contribution in [3.63, 3.8) is 0 Å². The monoisotopic (exact) mass is 250 g/mol. The van der Waals surface area contributed by atoms with E-state index in [0.29, 0.717) is 10.6 Å². The van der Waals surface area contributed by atoms with E-state index in [2.05, 4.69) is 11.4 Å². The molecular formula is C13H15ClN2O. The number of hydrogen-bond donors (Lipinski definition) is 2. The number of aliphatic hydroxyl groups is 1. The zero-order chi connectivity index (χ0) is 12.3. The molecule has 0 aliphatic heterocycles. The normalized spacial score (nSPS) is 24.1. The van der Waals surface area contributed by atoms with Crippen molar-refractivity contribution >= 4 is 17.3 Å². The lowest BCUT2D eigenvalue weighted by Gasteiger charge is -2.29. The second kappa shape index (κ2) is 5.39. The maximum absolute atomic E-state index is 9.88. The zero-order valence-electron chi connectivity index (χ0n) is 9.49. The average molecular weight is 251 g/mol. The first-order valence-corrected chi connectivity index (χ1v) is 6.23. The van der Waals surface area contributed by atoms with Gasteiger partial charge in [-0.3, -0.25) is 0 Å². The van der Waals surface area contributed by atoms with Gasteiger partial charge in [-0.15, -0.1) is 0 Å². The molecule has 1 aromatic rings. The number of nitrogens with one attached hydrogen (secondary N) is 1. The van der Waals surface area contributed by atoms with Crippen LogP contribution in [-0.4, -0.2) is 17.3 Å². The van der Waals surface area contributed by atoms with Gasteiger partial charge in [0.15, 0.2) is 0 Å². The van der Waals surface area contributed by atoms with Crippen LogP contribution in [0.1, 0.15) is 31.2 Å². The van der Waals surface area contributed by atoms with Gasteiger partial charge in [0.05, 0.1) is 34.5 Å². The van der Waals surface area contributed by atoms with Gasteiger partial charge in [0.25, 0.3) is 0 Å². The van der Waals surface area contributed by atoms with Gasteiger partial charge >= 0.3 is 0 Å². The lowest BCUT2D eigenvalue weighted by Crippen LogP contribution is -2.36. The number of nitrogens with zero attached hydrogens (tertiary/aromatic N) is 1. The molecule has 2 atom stereocenters. The molecule has 1 saturated carbocycles. The maximum atomic E-state index is 9.88. The molecule has 1 aliphatic carbocycles. The predicted molar refractivity (Wildman–Crippen MR) is 68.1 cm³/mol. The Kier molecular flexibility index (Phi) is 3.88. The first-order chi connectivity index (χ1) is 8.20. The summed E-state index contributed by atoms with van der Waals surface area (Å²) in [4.78, 5) is 0. The minimum Gasteiger partial charge on any atom is -0.391 e. The number of halogens is 1. The van der Waals surface area contributed by atoms with E-state index in [1.807, 2.05) is 0 Å². The summed E-state index contributed by atoms with van der Waals surface area (Å²) in [5, 5.41) is 22.5. The van der Waals surface area contributed by atoms with Crippen LogP contribution < -0.4 is 5.32 Å². The maximum Gasteiger partial charge on any atom is 0.0992 e. The number of rotatable bonds is 2. The Balaban J connectivity index is 2.14. The summed E-state index contributed by atoms with van der Waals surface area (Å²) in [5.41, 5.74) is 1.30. The van der Waals surface area contributed by atoms with Crippen molar-refractivity contribution in [1.29, 1.82) is 5.26 Å². The Labute approximate surface area is 106 Å². The summed E-state index contributed by atoms with van der Waals surface area (Å²) < 4.78 is 0. The summed E-state index contributed by atoms with van der Waals surface area (Å²) in [6, 6.07) is 7.24. The van der Waals surface area contributed by atoms with Crippen LogP contribution in [0.5, 0.6) is 0 Å². The standard InChI is InChI=1S/C13H15ClN2O/c14-10-6-5-9(8-15)7-12(10)16-11-3-1-2-4-13(11)17/h5-7,11,13,16-17H,1-4H2/t11-,13-/m0/s1. The number of benzene rings is 1. The summed E-state index contributed by atoms with van der Waals surface area (Å²) >= 11 is 6.07. The van der Waals surface area contributed by atoms with Crippen molar-refractivity contribution < 1.29 is 5.11 Å². The molecule has 0 unspecified atom stereocenters. The van der Waals surface area contributed by atoms with Crippen molar-refractivity contribution in [1.82, 2.24) is 0 Å². The molecular weight excluding hydrogens is 236 g/mol. The van der Waals surface area contributed by atoms with Gasteiger partial charge in [-0.1, -0.05) is 24.4 Å². The smallest absolute Gasteiger partial charge is 0.0992 e. The number of aliphatic hydroxyl groups excluding tert-OH is 1. The van der Waals surface area contributed by atoms with Gasteiger partial charge in [-0.05, 0) is 31.0 Å². The highest BCUT2D eigenvalue weighted by molar-refractivity contribution is 6.33. The fourth-order valence-corrected chi connectivity index (χ4v) is 2.36. The highest BCUT2D eigenvalue weighted by Crippen LogP contribution is 2.27. The van der Waals surface area contributed by atoms with Crippen LogP contribution in [0.25, 0.3) is 0 Å². The minimum absolute atomic E-state index is 0.0372. The summed E-state index contributed by atoms with van der Waals surface area (Å²) in [5.74, 6) is 0. The third-order valence-corrected chi connectivity index (χ3v) is 3.50.